The summed E-state index contributed by atoms with van der Waals surface area (Å²) in [6, 6.07) is 10.0. The van der Waals surface area contributed by atoms with Crippen LogP contribution in [0.2, 0.25) is 0 Å². The number of rotatable bonds is 7. The van der Waals surface area contributed by atoms with E-state index in [1.807, 2.05) is 69.6 Å². The Morgan fingerprint density at radius 2 is 1.95 bits per heavy atom. The van der Waals surface area contributed by atoms with Gasteiger partial charge in [-0.25, -0.2) is 0 Å². The van der Waals surface area contributed by atoms with Gasteiger partial charge in [0.25, 0.3) is 0 Å². The van der Waals surface area contributed by atoms with Crippen LogP contribution in [-0.4, -0.2) is 38.0 Å². The van der Waals surface area contributed by atoms with Gasteiger partial charge in [0.05, 0.1) is 0 Å². The first-order valence-corrected chi connectivity index (χ1v) is 6.92. The molecule has 1 aromatic rings. The number of nitrogens with zero attached hydrogens (tertiary/aromatic N) is 1. The molecule has 0 bridgehead atoms. The van der Waals surface area contributed by atoms with Crippen LogP contribution < -0.4 is 5.32 Å². The highest BCUT2D eigenvalue weighted by atomic mass is 16.1. The number of carbonyl (C=O) groups excluding carboxylic acids is 1. The number of hydrogen-bond donors (Lipinski definition) is 1. The van der Waals surface area contributed by atoms with Gasteiger partial charge in [0, 0.05) is 12.1 Å². The molecular weight excluding hydrogens is 248 g/mol. The number of hydrogen-bond acceptors (Lipinski definition) is 2. The normalized spacial score (nSPS) is 12.1. The molecule has 1 N–H and O–H groups in total. The molecule has 3 heteroatoms. The maximum absolute atomic E-state index is 11.8. The number of allylic oxidation sites excluding steroid dienone is 2. The van der Waals surface area contributed by atoms with Gasteiger partial charge in [0.2, 0.25) is 5.91 Å². The molecule has 0 saturated heterocycles. The Morgan fingerprint density at radius 3 is 2.60 bits per heavy atom. The topological polar surface area (TPSA) is 32.3 Å². The van der Waals surface area contributed by atoms with E-state index in [1.54, 1.807) is 0 Å². The van der Waals surface area contributed by atoms with Crippen molar-refractivity contribution in [3.8, 4) is 0 Å². The van der Waals surface area contributed by atoms with Crippen molar-refractivity contribution in [1.82, 2.24) is 10.2 Å². The number of nitrogens with one attached hydrogen (secondary N) is 1. The van der Waals surface area contributed by atoms with Gasteiger partial charge in [-0.2, -0.15) is 0 Å². The smallest absolute Gasteiger partial charge is 0.246 e. The molecule has 0 aromatic heterocycles. The highest BCUT2D eigenvalue weighted by Crippen LogP contribution is 2.02. The van der Waals surface area contributed by atoms with Gasteiger partial charge >= 0.3 is 0 Å². The fourth-order valence-corrected chi connectivity index (χ4v) is 1.68. The predicted octanol–water partition coefficient (Wildman–Crippen LogP) is 2.71. The first-order chi connectivity index (χ1) is 9.59. The van der Waals surface area contributed by atoms with E-state index in [1.165, 1.54) is 0 Å². The van der Waals surface area contributed by atoms with Gasteiger partial charge in [-0.1, -0.05) is 48.6 Å². The Kier molecular flexibility index (Phi) is 7.36. The van der Waals surface area contributed by atoms with Crippen molar-refractivity contribution in [2.75, 3.05) is 27.2 Å². The minimum Gasteiger partial charge on any atom is -0.352 e. The molecule has 0 atom stereocenters. The van der Waals surface area contributed by atoms with Gasteiger partial charge in [-0.05, 0) is 39.5 Å². The minimum absolute atomic E-state index is 0.00136. The highest BCUT2D eigenvalue weighted by Gasteiger charge is 2.01. The summed E-state index contributed by atoms with van der Waals surface area (Å²) < 4.78 is 0. The first kappa shape index (κ1) is 16.2. The third-order valence-electron chi connectivity index (χ3n) is 2.86. The van der Waals surface area contributed by atoms with Crippen LogP contribution in [0.4, 0.5) is 0 Å². The van der Waals surface area contributed by atoms with Gasteiger partial charge in [0.15, 0.2) is 0 Å². The molecule has 0 fully saturated rings. The third-order valence-corrected chi connectivity index (χ3v) is 2.86. The van der Waals surface area contributed by atoms with E-state index in [-0.39, 0.29) is 5.91 Å². The van der Waals surface area contributed by atoms with E-state index in [9.17, 15) is 4.79 Å². The summed E-state index contributed by atoms with van der Waals surface area (Å²) in [6.45, 7) is 3.53. The van der Waals surface area contributed by atoms with Crippen LogP contribution in [0.1, 0.15) is 18.9 Å². The van der Waals surface area contributed by atoms with E-state index in [4.69, 9.17) is 0 Å². The molecule has 0 heterocycles. The van der Waals surface area contributed by atoms with Crippen LogP contribution in [0, 0.1) is 0 Å². The van der Waals surface area contributed by atoms with Crippen molar-refractivity contribution in [1.29, 1.82) is 0 Å². The molecule has 1 amide bonds. The van der Waals surface area contributed by atoms with E-state index in [0.29, 0.717) is 6.54 Å². The zero-order valence-electron chi connectivity index (χ0n) is 12.6. The second-order valence-electron chi connectivity index (χ2n) is 5.03. The van der Waals surface area contributed by atoms with Crippen LogP contribution >= 0.6 is 0 Å². The van der Waals surface area contributed by atoms with Crippen molar-refractivity contribution >= 4 is 12.0 Å². The maximum atomic E-state index is 11.8. The Bertz CT molecular complexity index is 461. The van der Waals surface area contributed by atoms with Gasteiger partial charge in [-0.15, -0.1) is 0 Å². The molecule has 1 aromatic carbocycles. The van der Waals surface area contributed by atoms with Crippen molar-refractivity contribution in [2.45, 2.75) is 13.3 Å². The molecule has 20 heavy (non-hydrogen) atoms. The Hall–Kier alpha value is -1.87. The molecule has 0 unspecified atom stereocenters. The molecule has 0 aliphatic carbocycles. The number of benzene rings is 1. The van der Waals surface area contributed by atoms with Crippen molar-refractivity contribution in [3.63, 3.8) is 0 Å². The molecule has 0 aliphatic rings. The summed E-state index contributed by atoms with van der Waals surface area (Å²) in [5.41, 5.74) is 1.85. The average Bonchev–Trinajstić information content (AvgIpc) is 2.44. The molecular formula is C17H24N2O. The lowest BCUT2D eigenvalue weighted by Crippen LogP contribution is -2.27. The van der Waals surface area contributed by atoms with E-state index in [0.717, 1.165) is 24.1 Å². The van der Waals surface area contributed by atoms with Crippen molar-refractivity contribution < 1.29 is 4.79 Å². The molecule has 0 radical (unpaired) electrons. The fraction of sp³-hybridized carbons (Fsp3) is 0.353. The van der Waals surface area contributed by atoms with Crippen LogP contribution in [0.15, 0.2) is 48.1 Å². The van der Waals surface area contributed by atoms with Gasteiger partial charge in [0.1, 0.15) is 0 Å². The molecule has 3 nitrogen and oxygen atoms in total. The summed E-state index contributed by atoms with van der Waals surface area (Å²) in [5, 5.41) is 2.92. The van der Waals surface area contributed by atoms with Crippen molar-refractivity contribution in [2.24, 2.45) is 0 Å². The molecule has 0 aliphatic heterocycles. The summed E-state index contributed by atoms with van der Waals surface area (Å²) >= 11 is 0. The molecule has 0 saturated carbocycles. The first-order valence-electron chi connectivity index (χ1n) is 6.92. The lowest BCUT2D eigenvalue weighted by Gasteiger charge is -2.09. The molecule has 108 valence electrons. The lowest BCUT2D eigenvalue weighted by atomic mass is 10.2. The van der Waals surface area contributed by atoms with Crippen LogP contribution in [-0.2, 0) is 4.79 Å². The van der Waals surface area contributed by atoms with E-state index >= 15 is 0 Å². The zero-order chi connectivity index (χ0) is 14.8. The third kappa shape index (κ3) is 6.90. The number of carbonyl (C=O) groups is 1. The zero-order valence-corrected chi connectivity index (χ0v) is 12.6. The number of amides is 1. The average molecular weight is 272 g/mol. The van der Waals surface area contributed by atoms with Gasteiger partial charge in [-0.3, -0.25) is 4.79 Å². The summed E-state index contributed by atoms with van der Waals surface area (Å²) in [5.74, 6) is 0.00136. The summed E-state index contributed by atoms with van der Waals surface area (Å²) in [7, 11) is 4.06. The van der Waals surface area contributed by atoms with E-state index in [2.05, 4.69) is 10.2 Å². The second kappa shape index (κ2) is 9.10. The van der Waals surface area contributed by atoms with Crippen LogP contribution in [0.25, 0.3) is 6.08 Å². The molecule has 1 rings (SSSR count). The molecule has 0 spiro atoms. The minimum atomic E-state index is 0.00136. The fourth-order valence-electron chi connectivity index (χ4n) is 1.68. The SMILES string of the molecule is CC(=CC=Cc1ccccc1)C(=O)NCCCN(C)C. The predicted molar refractivity (Wildman–Crippen MR) is 85.4 cm³/mol. The summed E-state index contributed by atoms with van der Waals surface area (Å²) in [6.07, 6.45) is 6.70. The Morgan fingerprint density at radius 1 is 1.25 bits per heavy atom. The van der Waals surface area contributed by atoms with E-state index < -0.39 is 0 Å². The highest BCUT2D eigenvalue weighted by molar-refractivity contribution is 5.93. The largest absolute Gasteiger partial charge is 0.352 e. The van der Waals surface area contributed by atoms with Crippen LogP contribution in [0.5, 0.6) is 0 Å². The Balaban J connectivity index is 2.36. The van der Waals surface area contributed by atoms with Crippen LogP contribution in [0.3, 0.4) is 0 Å². The second-order valence-corrected chi connectivity index (χ2v) is 5.03. The summed E-state index contributed by atoms with van der Waals surface area (Å²) in [4.78, 5) is 13.9. The Labute approximate surface area is 122 Å². The maximum Gasteiger partial charge on any atom is 0.246 e. The quantitative estimate of drug-likeness (QED) is 0.470. The standard InChI is InChI=1S/C17H24N2O/c1-15(17(20)18-13-8-14-19(2)3)9-7-12-16-10-5-4-6-11-16/h4-7,9-12H,8,13-14H2,1-3H3,(H,18,20). The van der Waals surface area contributed by atoms with Gasteiger partial charge < -0.3 is 10.2 Å². The van der Waals surface area contributed by atoms with Crippen molar-refractivity contribution in [3.05, 3.63) is 53.6 Å². The lowest BCUT2D eigenvalue weighted by molar-refractivity contribution is -0.117. The monoisotopic (exact) mass is 272 g/mol.